The maximum absolute atomic E-state index is 13.2. The van der Waals surface area contributed by atoms with Crippen LogP contribution >= 0.6 is 0 Å². The van der Waals surface area contributed by atoms with Crippen molar-refractivity contribution in [3.63, 3.8) is 0 Å². The molecule has 9 nitrogen and oxygen atoms in total. The van der Waals surface area contributed by atoms with Crippen LogP contribution in [0.1, 0.15) is 51.8 Å². The number of likely N-dealkylation sites (N-methyl/N-ethyl adjacent to an activating group) is 1. The van der Waals surface area contributed by atoms with Crippen LogP contribution in [-0.2, 0) is 24.5 Å². The number of rotatable bonds is 7. The summed E-state index contributed by atoms with van der Waals surface area (Å²) >= 11 is 0. The normalized spacial score (nSPS) is 21.5. The minimum Gasteiger partial charge on any atom is -0.463 e. The molecule has 0 bridgehead atoms. The molecule has 1 saturated heterocycles. The number of nitrogens with zero attached hydrogens (tertiary/aromatic N) is 3. The summed E-state index contributed by atoms with van der Waals surface area (Å²) in [5, 5.41) is 2.99. The van der Waals surface area contributed by atoms with E-state index in [1.54, 1.807) is 14.0 Å². The molecule has 1 aromatic rings. The second-order valence-electron chi connectivity index (χ2n) is 10.5. The number of ether oxygens (including phenoxy) is 2. The second-order valence-corrected chi connectivity index (χ2v) is 10.5. The highest BCUT2D eigenvalue weighted by molar-refractivity contribution is 5.95. The molecule has 9 heteroatoms. The number of hydrogen-bond donors (Lipinski definition) is 1. The third-order valence-corrected chi connectivity index (χ3v) is 6.86. The van der Waals surface area contributed by atoms with Crippen molar-refractivity contribution in [1.29, 1.82) is 0 Å². The molecule has 0 saturated carbocycles. The number of esters is 1. The van der Waals surface area contributed by atoms with E-state index in [9.17, 15) is 14.4 Å². The molecular formula is C27H40N4O5. The monoisotopic (exact) mass is 500 g/mol. The van der Waals surface area contributed by atoms with Gasteiger partial charge in [-0.15, -0.1) is 0 Å². The fraction of sp³-hybridized carbons (Fsp3) is 0.593. The molecule has 2 aliphatic heterocycles. The number of hydrogen-bond acceptors (Lipinski definition) is 6. The zero-order valence-electron chi connectivity index (χ0n) is 22.6. The molecule has 1 fully saturated rings. The zero-order chi connectivity index (χ0) is 26.6. The fourth-order valence-electron chi connectivity index (χ4n) is 4.79. The number of benzene rings is 1. The topological polar surface area (TPSA) is 91.4 Å². The Balaban J connectivity index is 1.94. The summed E-state index contributed by atoms with van der Waals surface area (Å²) < 4.78 is 10.5. The van der Waals surface area contributed by atoms with Gasteiger partial charge in [-0.3, -0.25) is 14.6 Å². The Kier molecular flexibility index (Phi) is 8.79. The Morgan fingerprint density at radius 3 is 2.36 bits per heavy atom. The summed E-state index contributed by atoms with van der Waals surface area (Å²) in [4.78, 5) is 44.1. The van der Waals surface area contributed by atoms with Crippen molar-refractivity contribution in [1.82, 2.24) is 20.0 Å². The average molecular weight is 501 g/mol. The van der Waals surface area contributed by atoms with Crippen LogP contribution in [0.5, 0.6) is 0 Å². The van der Waals surface area contributed by atoms with Crippen molar-refractivity contribution in [2.45, 2.75) is 52.1 Å². The zero-order valence-corrected chi connectivity index (χ0v) is 22.6. The quantitative estimate of drug-likeness (QED) is 0.579. The van der Waals surface area contributed by atoms with E-state index < -0.39 is 12.0 Å². The van der Waals surface area contributed by atoms with Gasteiger partial charge in [0.25, 0.3) is 0 Å². The minimum absolute atomic E-state index is 0.0109. The molecule has 2 atom stereocenters. The highest BCUT2D eigenvalue weighted by Gasteiger charge is 2.38. The first-order chi connectivity index (χ1) is 17.0. The van der Waals surface area contributed by atoms with Crippen LogP contribution in [0.3, 0.4) is 0 Å². The van der Waals surface area contributed by atoms with E-state index in [1.165, 1.54) is 17.6 Å². The molecule has 3 amide bonds. The summed E-state index contributed by atoms with van der Waals surface area (Å²) in [5.41, 5.74) is 3.04. The average Bonchev–Trinajstić information content (AvgIpc) is 2.81. The molecule has 2 heterocycles. The Morgan fingerprint density at radius 2 is 1.81 bits per heavy atom. The smallest absolute Gasteiger partial charge is 0.338 e. The highest BCUT2D eigenvalue weighted by atomic mass is 16.5. The SMILES string of the molecule is CCOC(=O)C1=C(CN2CCN(C(=O)COC)[C@@H](C)C2)N(C)C(=O)N[C@H]1c1ccc(C(C)(C)C)cc1. The first kappa shape index (κ1) is 27.7. The van der Waals surface area contributed by atoms with Crippen LogP contribution in [0.4, 0.5) is 4.79 Å². The van der Waals surface area contributed by atoms with Crippen LogP contribution in [0.25, 0.3) is 0 Å². The number of piperazine rings is 1. The maximum Gasteiger partial charge on any atom is 0.338 e. The number of carbonyl (C=O) groups is 3. The lowest BCUT2D eigenvalue weighted by Gasteiger charge is -2.42. The lowest BCUT2D eigenvalue weighted by molar-refractivity contribution is -0.139. The molecule has 1 N–H and O–H groups in total. The summed E-state index contributed by atoms with van der Waals surface area (Å²) in [5.74, 6) is -0.477. The van der Waals surface area contributed by atoms with Gasteiger partial charge in [0.2, 0.25) is 5.91 Å². The van der Waals surface area contributed by atoms with E-state index >= 15 is 0 Å². The van der Waals surface area contributed by atoms with E-state index in [4.69, 9.17) is 9.47 Å². The second kappa shape index (κ2) is 11.4. The Hall–Kier alpha value is -2.91. The first-order valence-electron chi connectivity index (χ1n) is 12.5. The third-order valence-electron chi connectivity index (χ3n) is 6.86. The molecule has 3 rings (SSSR count). The summed E-state index contributed by atoms with van der Waals surface area (Å²) in [6.45, 7) is 12.7. The molecule has 0 aliphatic carbocycles. The lowest BCUT2D eigenvalue weighted by Crippen LogP contribution is -2.56. The summed E-state index contributed by atoms with van der Waals surface area (Å²) in [6.07, 6.45) is 0. The van der Waals surface area contributed by atoms with Crippen molar-refractivity contribution in [3.05, 3.63) is 46.7 Å². The van der Waals surface area contributed by atoms with Gasteiger partial charge >= 0.3 is 12.0 Å². The minimum atomic E-state index is -0.612. The van der Waals surface area contributed by atoms with E-state index in [0.29, 0.717) is 37.4 Å². The largest absolute Gasteiger partial charge is 0.463 e. The van der Waals surface area contributed by atoms with Crippen molar-refractivity contribution in [2.75, 3.05) is 53.6 Å². The molecule has 36 heavy (non-hydrogen) atoms. The summed E-state index contributed by atoms with van der Waals surface area (Å²) in [7, 11) is 3.18. The number of carbonyl (C=O) groups excluding carboxylic acids is 3. The Morgan fingerprint density at radius 1 is 1.14 bits per heavy atom. The number of amides is 3. The van der Waals surface area contributed by atoms with Crippen molar-refractivity contribution < 1.29 is 23.9 Å². The third kappa shape index (κ3) is 6.07. The van der Waals surface area contributed by atoms with E-state index in [0.717, 1.165) is 5.56 Å². The Labute approximate surface area is 214 Å². The van der Waals surface area contributed by atoms with Crippen LogP contribution in [-0.4, -0.2) is 92.2 Å². The van der Waals surface area contributed by atoms with Gasteiger partial charge in [-0.1, -0.05) is 45.0 Å². The predicted molar refractivity (Wildman–Crippen MR) is 137 cm³/mol. The number of nitrogens with one attached hydrogen (secondary N) is 1. The van der Waals surface area contributed by atoms with Gasteiger partial charge in [0.05, 0.1) is 18.2 Å². The first-order valence-corrected chi connectivity index (χ1v) is 12.5. The Bertz CT molecular complexity index is 998. The molecule has 0 unspecified atom stereocenters. The van der Waals surface area contributed by atoms with Gasteiger partial charge in [0.15, 0.2) is 0 Å². The molecule has 1 aromatic carbocycles. The maximum atomic E-state index is 13.2. The fourth-order valence-corrected chi connectivity index (χ4v) is 4.79. The number of urea groups is 1. The predicted octanol–water partition coefficient (Wildman–Crippen LogP) is 2.68. The molecule has 198 valence electrons. The van der Waals surface area contributed by atoms with Crippen LogP contribution in [0.15, 0.2) is 35.5 Å². The van der Waals surface area contributed by atoms with Gasteiger partial charge in [0.1, 0.15) is 6.61 Å². The van der Waals surface area contributed by atoms with Crippen LogP contribution < -0.4 is 5.32 Å². The molecular weight excluding hydrogens is 460 g/mol. The van der Waals surface area contributed by atoms with Gasteiger partial charge in [0, 0.05) is 52.1 Å². The van der Waals surface area contributed by atoms with Gasteiger partial charge in [-0.05, 0) is 30.4 Å². The van der Waals surface area contributed by atoms with Gasteiger partial charge in [-0.25, -0.2) is 9.59 Å². The van der Waals surface area contributed by atoms with Crippen molar-refractivity contribution in [2.24, 2.45) is 0 Å². The van der Waals surface area contributed by atoms with Crippen molar-refractivity contribution in [3.8, 4) is 0 Å². The lowest BCUT2D eigenvalue weighted by atomic mass is 9.85. The van der Waals surface area contributed by atoms with Crippen LogP contribution in [0.2, 0.25) is 0 Å². The van der Waals surface area contributed by atoms with E-state index in [1.807, 2.05) is 36.1 Å². The molecule has 0 aromatic heterocycles. The van der Waals surface area contributed by atoms with Crippen molar-refractivity contribution >= 4 is 17.9 Å². The molecule has 0 radical (unpaired) electrons. The molecule has 2 aliphatic rings. The highest BCUT2D eigenvalue weighted by Crippen LogP contribution is 2.33. The van der Waals surface area contributed by atoms with Crippen LogP contribution in [0, 0.1) is 0 Å². The number of methoxy groups -OCH3 is 1. The van der Waals surface area contributed by atoms with Gasteiger partial charge < -0.3 is 19.7 Å². The van der Waals surface area contributed by atoms with Gasteiger partial charge in [-0.2, -0.15) is 0 Å². The van der Waals surface area contributed by atoms with E-state index in [-0.39, 0.29) is 36.6 Å². The van der Waals surface area contributed by atoms with E-state index in [2.05, 4.69) is 31.0 Å². The summed E-state index contributed by atoms with van der Waals surface area (Å²) in [6, 6.07) is 7.12. The standard InChI is InChI=1S/C27H40N4O5/c1-8-36-25(33)23-21(16-30-13-14-31(18(2)15-30)22(32)17-35-7)29(6)26(34)28-24(23)19-9-11-20(12-10-19)27(3,4)5/h9-12,18,24H,8,13-17H2,1-7H3,(H,28,34)/t18-,24-/m0/s1. The molecule has 0 spiro atoms.